The summed E-state index contributed by atoms with van der Waals surface area (Å²) in [6, 6.07) is 10.2. The minimum Gasteiger partial charge on any atom is -0.468 e. The average molecular weight is 372 g/mol. The van der Waals surface area contributed by atoms with Crippen molar-refractivity contribution in [2.75, 3.05) is 13.1 Å². The Bertz CT molecular complexity index is 759. The van der Waals surface area contributed by atoms with Crippen LogP contribution in [-0.2, 0) is 11.3 Å². The summed E-state index contributed by atoms with van der Waals surface area (Å²) in [6.45, 7) is 2.67. The number of amides is 1. The van der Waals surface area contributed by atoms with Gasteiger partial charge >= 0.3 is 0 Å². The molecule has 0 bridgehead atoms. The SMILES string of the molecule is O=C(NC1CCN(Cc2ccco2)CC1)C1CC(c2ccccc2F)NN1. The lowest BCUT2D eigenvalue weighted by Crippen LogP contribution is -2.50. The van der Waals surface area contributed by atoms with E-state index >= 15 is 0 Å². The van der Waals surface area contributed by atoms with Gasteiger partial charge in [0, 0.05) is 24.7 Å². The van der Waals surface area contributed by atoms with Gasteiger partial charge in [-0.05, 0) is 37.5 Å². The van der Waals surface area contributed by atoms with Gasteiger partial charge in [-0.3, -0.25) is 9.69 Å². The Hall–Kier alpha value is -2.22. The number of nitrogens with zero attached hydrogens (tertiary/aromatic N) is 1. The number of carbonyl (C=O) groups is 1. The van der Waals surface area contributed by atoms with E-state index in [1.807, 2.05) is 18.2 Å². The van der Waals surface area contributed by atoms with Crippen LogP contribution in [0.3, 0.4) is 0 Å². The summed E-state index contributed by atoms with van der Waals surface area (Å²) >= 11 is 0. The van der Waals surface area contributed by atoms with E-state index in [0.717, 1.165) is 38.2 Å². The van der Waals surface area contributed by atoms with Gasteiger partial charge in [-0.2, -0.15) is 0 Å². The molecule has 7 heteroatoms. The Kier molecular flexibility index (Phi) is 5.52. The number of hydrazine groups is 1. The minimum absolute atomic E-state index is 0.0224. The standard InChI is InChI=1S/C20H25FN4O2/c21-17-6-2-1-5-16(17)18-12-19(24-23-18)20(26)22-14-7-9-25(10-8-14)13-15-4-3-11-27-15/h1-6,11,14,18-19,23-24H,7-10,12-13H2,(H,22,26). The molecule has 0 radical (unpaired) electrons. The van der Waals surface area contributed by atoms with Gasteiger partial charge in [-0.1, -0.05) is 18.2 Å². The Balaban J connectivity index is 1.24. The summed E-state index contributed by atoms with van der Waals surface area (Å²) < 4.78 is 19.3. The molecule has 2 aliphatic rings. The van der Waals surface area contributed by atoms with E-state index in [2.05, 4.69) is 21.1 Å². The number of halogens is 1. The number of likely N-dealkylation sites (tertiary alicyclic amines) is 1. The van der Waals surface area contributed by atoms with Crippen LogP contribution in [0.5, 0.6) is 0 Å². The van der Waals surface area contributed by atoms with Crippen LogP contribution < -0.4 is 16.2 Å². The fraction of sp³-hybridized carbons (Fsp3) is 0.450. The fourth-order valence-electron chi connectivity index (χ4n) is 3.85. The van der Waals surface area contributed by atoms with E-state index in [1.54, 1.807) is 18.4 Å². The van der Waals surface area contributed by atoms with Crippen LogP contribution in [0.1, 0.15) is 36.6 Å². The molecule has 2 atom stereocenters. The highest BCUT2D eigenvalue weighted by Crippen LogP contribution is 2.24. The molecule has 2 aliphatic heterocycles. The molecule has 2 fully saturated rings. The van der Waals surface area contributed by atoms with Crippen molar-refractivity contribution in [3.63, 3.8) is 0 Å². The Morgan fingerprint density at radius 3 is 2.74 bits per heavy atom. The van der Waals surface area contributed by atoms with Gasteiger partial charge in [0.2, 0.25) is 5.91 Å². The van der Waals surface area contributed by atoms with Crippen molar-refractivity contribution < 1.29 is 13.6 Å². The van der Waals surface area contributed by atoms with Crippen LogP contribution in [0.25, 0.3) is 0 Å². The fourth-order valence-corrected chi connectivity index (χ4v) is 3.85. The van der Waals surface area contributed by atoms with Crippen molar-refractivity contribution in [2.45, 2.75) is 43.9 Å². The van der Waals surface area contributed by atoms with Crippen molar-refractivity contribution in [1.82, 2.24) is 21.1 Å². The van der Waals surface area contributed by atoms with Gasteiger partial charge in [0.15, 0.2) is 0 Å². The predicted octanol–water partition coefficient (Wildman–Crippen LogP) is 2.11. The number of benzene rings is 1. The molecule has 0 aliphatic carbocycles. The Morgan fingerprint density at radius 1 is 1.19 bits per heavy atom. The lowest BCUT2D eigenvalue weighted by Gasteiger charge is -2.32. The second-order valence-corrected chi connectivity index (χ2v) is 7.29. The zero-order chi connectivity index (χ0) is 18.6. The first kappa shape index (κ1) is 18.2. The number of piperidine rings is 1. The van der Waals surface area contributed by atoms with E-state index in [1.165, 1.54) is 6.07 Å². The molecule has 3 heterocycles. The van der Waals surface area contributed by atoms with Gasteiger partial charge in [0.1, 0.15) is 17.6 Å². The molecule has 0 spiro atoms. The largest absolute Gasteiger partial charge is 0.468 e. The lowest BCUT2D eigenvalue weighted by atomic mass is 10.00. The smallest absolute Gasteiger partial charge is 0.238 e. The summed E-state index contributed by atoms with van der Waals surface area (Å²) in [5, 5.41) is 3.14. The van der Waals surface area contributed by atoms with E-state index in [9.17, 15) is 9.18 Å². The highest BCUT2D eigenvalue weighted by Gasteiger charge is 2.32. The molecule has 2 aromatic rings. The Morgan fingerprint density at radius 2 is 2.00 bits per heavy atom. The lowest BCUT2D eigenvalue weighted by molar-refractivity contribution is -0.123. The normalized spacial score (nSPS) is 24.2. The number of nitrogens with one attached hydrogen (secondary N) is 3. The minimum atomic E-state index is -0.351. The third kappa shape index (κ3) is 4.37. The molecular formula is C20H25FN4O2. The maximum atomic E-state index is 13.9. The van der Waals surface area contributed by atoms with Crippen LogP contribution in [-0.4, -0.2) is 36.0 Å². The van der Waals surface area contributed by atoms with Crippen molar-refractivity contribution in [2.24, 2.45) is 0 Å². The first-order valence-corrected chi connectivity index (χ1v) is 9.49. The summed E-state index contributed by atoms with van der Waals surface area (Å²) in [4.78, 5) is 14.9. The van der Waals surface area contributed by atoms with Crippen LogP contribution in [0.15, 0.2) is 47.1 Å². The number of carbonyl (C=O) groups excluding carboxylic acids is 1. The van der Waals surface area contributed by atoms with Gasteiger partial charge in [0.05, 0.1) is 18.8 Å². The van der Waals surface area contributed by atoms with Crippen LogP contribution in [0, 0.1) is 5.82 Å². The van der Waals surface area contributed by atoms with E-state index in [0.29, 0.717) is 12.0 Å². The Labute approximate surface area is 158 Å². The van der Waals surface area contributed by atoms with Gasteiger partial charge in [-0.25, -0.2) is 15.2 Å². The summed E-state index contributed by atoms with van der Waals surface area (Å²) in [5.41, 5.74) is 6.64. The summed E-state index contributed by atoms with van der Waals surface area (Å²) in [5.74, 6) is 0.700. The van der Waals surface area contributed by atoms with Crippen LogP contribution >= 0.6 is 0 Å². The van der Waals surface area contributed by atoms with Crippen molar-refractivity contribution in [3.05, 3.63) is 59.8 Å². The number of hydrogen-bond acceptors (Lipinski definition) is 5. The maximum Gasteiger partial charge on any atom is 0.238 e. The topological polar surface area (TPSA) is 69.5 Å². The molecule has 1 aromatic heterocycles. The predicted molar refractivity (Wildman–Crippen MR) is 99.0 cm³/mol. The zero-order valence-electron chi connectivity index (χ0n) is 15.2. The highest BCUT2D eigenvalue weighted by molar-refractivity contribution is 5.82. The average Bonchev–Trinajstić information content (AvgIpc) is 3.36. The molecule has 144 valence electrons. The maximum absolute atomic E-state index is 13.9. The van der Waals surface area contributed by atoms with Gasteiger partial charge in [0.25, 0.3) is 0 Å². The zero-order valence-corrected chi connectivity index (χ0v) is 15.2. The van der Waals surface area contributed by atoms with Gasteiger partial charge < -0.3 is 9.73 Å². The van der Waals surface area contributed by atoms with Crippen LogP contribution in [0.2, 0.25) is 0 Å². The molecule has 0 saturated carbocycles. The van der Waals surface area contributed by atoms with Crippen molar-refractivity contribution in [1.29, 1.82) is 0 Å². The third-order valence-corrected chi connectivity index (χ3v) is 5.39. The molecule has 2 saturated heterocycles. The van der Waals surface area contributed by atoms with Crippen LogP contribution in [0.4, 0.5) is 4.39 Å². The second kappa shape index (κ2) is 8.21. The number of furan rings is 1. The van der Waals surface area contributed by atoms with E-state index in [4.69, 9.17) is 4.42 Å². The number of hydrogen-bond donors (Lipinski definition) is 3. The molecule has 3 N–H and O–H groups in total. The van der Waals surface area contributed by atoms with Crippen molar-refractivity contribution >= 4 is 5.91 Å². The highest BCUT2D eigenvalue weighted by atomic mass is 19.1. The molecule has 4 rings (SSSR count). The van der Waals surface area contributed by atoms with Crippen molar-refractivity contribution in [3.8, 4) is 0 Å². The monoisotopic (exact) mass is 372 g/mol. The van der Waals surface area contributed by atoms with E-state index in [-0.39, 0.29) is 29.8 Å². The molecule has 6 nitrogen and oxygen atoms in total. The second-order valence-electron chi connectivity index (χ2n) is 7.29. The number of rotatable bonds is 5. The molecule has 27 heavy (non-hydrogen) atoms. The molecule has 1 aromatic carbocycles. The third-order valence-electron chi connectivity index (χ3n) is 5.39. The first-order chi connectivity index (χ1) is 13.2. The van der Waals surface area contributed by atoms with E-state index < -0.39 is 0 Å². The quantitative estimate of drug-likeness (QED) is 0.750. The first-order valence-electron chi connectivity index (χ1n) is 9.49. The molecular weight excluding hydrogens is 347 g/mol. The molecule has 1 amide bonds. The van der Waals surface area contributed by atoms with Gasteiger partial charge in [-0.15, -0.1) is 0 Å². The molecule has 2 unspecified atom stereocenters. The summed E-state index contributed by atoms with van der Waals surface area (Å²) in [6.07, 6.45) is 4.07. The summed E-state index contributed by atoms with van der Waals surface area (Å²) in [7, 11) is 0.